The Hall–Kier alpha value is -1.29. The molecule has 1 aliphatic heterocycles. The predicted octanol–water partition coefficient (Wildman–Crippen LogP) is 0.686. The van der Waals surface area contributed by atoms with Crippen LogP contribution in [0.5, 0.6) is 0 Å². The minimum Gasteiger partial charge on any atom is -0.385 e. The van der Waals surface area contributed by atoms with Crippen LogP contribution in [0.2, 0.25) is 0 Å². The number of hydrogen-bond donors (Lipinski definition) is 2. The lowest BCUT2D eigenvalue weighted by Gasteiger charge is -2.29. The summed E-state index contributed by atoms with van der Waals surface area (Å²) >= 11 is 0. The second-order valence-corrected chi connectivity index (χ2v) is 3.50. The molecule has 0 aromatic heterocycles. The Bertz CT molecular complexity index is 262. The highest BCUT2D eigenvalue weighted by Crippen LogP contribution is 2.04. The van der Waals surface area contributed by atoms with Gasteiger partial charge in [0.05, 0.1) is 5.82 Å². The molecule has 1 fully saturated rings. The van der Waals surface area contributed by atoms with E-state index in [1.165, 1.54) is 0 Å². The highest BCUT2D eigenvalue weighted by Gasteiger charge is 2.08. The molecule has 0 unspecified atom stereocenters. The number of hydrogen-bond acceptors (Lipinski definition) is 4. The summed E-state index contributed by atoms with van der Waals surface area (Å²) in [5.74, 6) is 0.811. The van der Waals surface area contributed by atoms with Gasteiger partial charge < -0.3 is 16.0 Å². The van der Waals surface area contributed by atoms with Gasteiger partial charge in [0.1, 0.15) is 0 Å². The van der Waals surface area contributed by atoms with E-state index in [4.69, 9.17) is 5.73 Å². The quantitative estimate of drug-likeness (QED) is 0.528. The van der Waals surface area contributed by atoms with Crippen molar-refractivity contribution in [3.8, 4) is 0 Å². The van der Waals surface area contributed by atoms with Gasteiger partial charge in [0.25, 0.3) is 0 Å². The van der Waals surface area contributed by atoms with Crippen LogP contribution < -0.4 is 11.1 Å². The third-order valence-corrected chi connectivity index (χ3v) is 2.49. The van der Waals surface area contributed by atoms with Crippen molar-refractivity contribution in [1.29, 1.82) is 0 Å². The first-order valence-electron chi connectivity index (χ1n) is 5.36. The van der Waals surface area contributed by atoms with Crippen molar-refractivity contribution in [2.24, 2.45) is 10.7 Å². The van der Waals surface area contributed by atoms with Crippen LogP contribution in [0.4, 0.5) is 0 Å². The summed E-state index contributed by atoms with van der Waals surface area (Å²) in [6.07, 6.45) is 4.73. The average molecular weight is 208 g/mol. The third-order valence-electron chi connectivity index (χ3n) is 2.49. The smallest absolute Gasteiger partial charge is 0.0987 e. The van der Waals surface area contributed by atoms with Gasteiger partial charge in [0.2, 0.25) is 0 Å². The second-order valence-electron chi connectivity index (χ2n) is 3.50. The SMILES string of the molecule is C=N/C(=C\C=C(/N)N1CCNCC1)CC. The van der Waals surface area contributed by atoms with Crippen LogP contribution >= 0.6 is 0 Å². The number of allylic oxidation sites excluding steroid dienone is 3. The van der Waals surface area contributed by atoms with Crippen LogP contribution in [0.15, 0.2) is 28.7 Å². The van der Waals surface area contributed by atoms with Gasteiger partial charge in [-0.3, -0.25) is 4.99 Å². The van der Waals surface area contributed by atoms with Crippen molar-refractivity contribution in [2.75, 3.05) is 26.2 Å². The summed E-state index contributed by atoms with van der Waals surface area (Å²) in [6.45, 7) is 9.50. The summed E-state index contributed by atoms with van der Waals surface area (Å²) in [7, 11) is 0. The van der Waals surface area contributed by atoms with E-state index in [1.807, 2.05) is 12.2 Å². The summed E-state index contributed by atoms with van der Waals surface area (Å²) < 4.78 is 0. The highest BCUT2D eigenvalue weighted by molar-refractivity contribution is 5.30. The maximum Gasteiger partial charge on any atom is 0.0987 e. The molecule has 15 heavy (non-hydrogen) atoms. The van der Waals surface area contributed by atoms with E-state index in [-0.39, 0.29) is 0 Å². The predicted molar refractivity (Wildman–Crippen MR) is 64.6 cm³/mol. The van der Waals surface area contributed by atoms with Crippen LogP contribution in [0, 0.1) is 0 Å². The van der Waals surface area contributed by atoms with Gasteiger partial charge in [-0.25, -0.2) is 0 Å². The van der Waals surface area contributed by atoms with Crippen molar-refractivity contribution >= 4 is 6.72 Å². The van der Waals surface area contributed by atoms with Crippen LogP contribution in [0.25, 0.3) is 0 Å². The molecule has 1 saturated heterocycles. The molecule has 1 aliphatic rings. The molecule has 1 heterocycles. The zero-order valence-electron chi connectivity index (χ0n) is 9.37. The molecule has 0 saturated carbocycles. The van der Waals surface area contributed by atoms with E-state index in [1.54, 1.807) is 0 Å². The van der Waals surface area contributed by atoms with Gasteiger partial charge in [0.15, 0.2) is 0 Å². The van der Waals surface area contributed by atoms with Crippen molar-refractivity contribution in [2.45, 2.75) is 13.3 Å². The van der Waals surface area contributed by atoms with E-state index < -0.39 is 0 Å². The molecule has 4 nitrogen and oxygen atoms in total. The van der Waals surface area contributed by atoms with Crippen molar-refractivity contribution in [1.82, 2.24) is 10.2 Å². The Morgan fingerprint density at radius 2 is 2.13 bits per heavy atom. The molecule has 4 heteroatoms. The van der Waals surface area contributed by atoms with Crippen molar-refractivity contribution < 1.29 is 0 Å². The van der Waals surface area contributed by atoms with Crippen molar-refractivity contribution in [3.63, 3.8) is 0 Å². The van der Waals surface area contributed by atoms with Crippen LogP contribution in [-0.2, 0) is 0 Å². The Labute approximate surface area is 91.5 Å². The number of nitrogens with zero attached hydrogens (tertiary/aromatic N) is 2. The molecule has 0 atom stereocenters. The molecule has 0 radical (unpaired) electrons. The Kier molecular flexibility index (Phi) is 4.90. The fourth-order valence-electron chi connectivity index (χ4n) is 1.49. The standard InChI is InChI=1S/C11H20N4/c1-3-10(13-2)4-5-11(12)15-8-6-14-7-9-15/h4-5,14H,2-3,6-9,12H2,1H3/b10-4-,11-5+. The Morgan fingerprint density at radius 1 is 1.47 bits per heavy atom. The van der Waals surface area contributed by atoms with Crippen LogP contribution in [-0.4, -0.2) is 37.8 Å². The second kappa shape index (κ2) is 6.24. The topological polar surface area (TPSA) is 53.6 Å². The van der Waals surface area contributed by atoms with E-state index in [0.717, 1.165) is 44.1 Å². The number of nitrogens with one attached hydrogen (secondary N) is 1. The average Bonchev–Trinajstić information content (AvgIpc) is 2.31. The third kappa shape index (κ3) is 3.75. The molecule has 3 N–H and O–H groups in total. The lowest BCUT2D eigenvalue weighted by atomic mass is 10.3. The summed E-state index contributed by atoms with van der Waals surface area (Å²) in [5.41, 5.74) is 6.92. The number of aliphatic imine (C=N–C) groups is 1. The van der Waals surface area contributed by atoms with E-state index in [2.05, 4.69) is 28.9 Å². The highest BCUT2D eigenvalue weighted by atomic mass is 15.2. The molecule has 0 spiro atoms. The monoisotopic (exact) mass is 208 g/mol. The zero-order valence-corrected chi connectivity index (χ0v) is 9.37. The van der Waals surface area contributed by atoms with Gasteiger partial charge in [-0.15, -0.1) is 0 Å². The molecule has 0 aromatic carbocycles. The number of nitrogens with two attached hydrogens (primary N) is 1. The van der Waals surface area contributed by atoms with Crippen molar-refractivity contribution in [3.05, 3.63) is 23.7 Å². The van der Waals surface area contributed by atoms with E-state index in [0.29, 0.717) is 0 Å². The molecule has 1 rings (SSSR count). The maximum atomic E-state index is 5.96. The Balaban J connectivity index is 2.57. The Morgan fingerprint density at radius 3 is 2.67 bits per heavy atom. The minimum absolute atomic E-state index is 0.811. The van der Waals surface area contributed by atoms with Gasteiger partial charge >= 0.3 is 0 Å². The largest absolute Gasteiger partial charge is 0.385 e. The van der Waals surface area contributed by atoms with Gasteiger partial charge in [-0.2, -0.15) is 0 Å². The molecule has 0 amide bonds. The van der Waals surface area contributed by atoms with Crippen LogP contribution in [0.1, 0.15) is 13.3 Å². The van der Waals surface area contributed by atoms with Gasteiger partial charge in [-0.1, -0.05) is 6.92 Å². The first-order chi connectivity index (χ1) is 7.27. The fourth-order valence-corrected chi connectivity index (χ4v) is 1.49. The summed E-state index contributed by atoms with van der Waals surface area (Å²) in [6, 6.07) is 0. The van der Waals surface area contributed by atoms with Gasteiger partial charge in [-0.05, 0) is 25.3 Å². The van der Waals surface area contributed by atoms with E-state index >= 15 is 0 Å². The fraction of sp³-hybridized carbons (Fsp3) is 0.545. The van der Waals surface area contributed by atoms with E-state index in [9.17, 15) is 0 Å². The molecule has 0 aliphatic carbocycles. The first-order valence-corrected chi connectivity index (χ1v) is 5.36. The molecule has 0 aromatic rings. The first kappa shape index (κ1) is 11.8. The van der Waals surface area contributed by atoms with Crippen LogP contribution in [0.3, 0.4) is 0 Å². The summed E-state index contributed by atoms with van der Waals surface area (Å²) in [4.78, 5) is 6.07. The number of rotatable bonds is 4. The number of piperazine rings is 1. The zero-order chi connectivity index (χ0) is 11.1. The lowest BCUT2D eigenvalue weighted by Crippen LogP contribution is -2.44. The molecule has 0 bridgehead atoms. The summed E-state index contributed by atoms with van der Waals surface area (Å²) in [5, 5.41) is 3.29. The lowest BCUT2D eigenvalue weighted by molar-refractivity contribution is 0.296. The maximum absolute atomic E-state index is 5.96. The normalized spacial score (nSPS) is 19.1. The minimum atomic E-state index is 0.811. The van der Waals surface area contributed by atoms with Gasteiger partial charge in [0, 0.05) is 31.9 Å². The molecular weight excluding hydrogens is 188 g/mol. The molecular formula is C11H20N4. The molecule has 84 valence electrons.